The lowest BCUT2D eigenvalue weighted by Gasteiger charge is -2.27. The topological polar surface area (TPSA) is 38.0 Å². The Morgan fingerprint density at radius 3 is 2.33 bits per heavy atom. The molecule has 1 aliphatic carbocycles. The fraction of sp³-hybridized carbons (Fsp3) is 1.00. The number of nitrogens with two attached hydrogens (primary N) is 1. The van der Waals surface area contributed by atoms with E-state index in [0.717, 1.165) is 18.5 Å². The second kappa shape index (κ2) is 4.83. The van der Waals surface area contributed by atoms with Gasteiger partial charge in [0, 0.05) is 12.1 Å². The molecule has 12 heavy (non-hydrogen) atoms. The van der Waals surface area contributed by atoms with E-state index in [1.54, 1.807) is 0 Å². The number of nitrogens with one attached hydrogen (secondary N) is 1. The molecule has 1 saturated carbocycles. The highest BCUT2D eigenvalue weighted by molar-refractivity contribution is 4.78. The van der Waals surface area contributed by atoms with Gasteiger partial charge in [-0.05, 0) is 38.1 Å². The quantitative estimate of drug-likeness (QED) is 0.673. The average Bonchev–Trinajstić information content (AvgIpc) is 2.03. The molecule has 0 atom stereocenters. The molecule has 0 unspecified atom stereocenters. The molecule has 2 nitrogen and oxygen atoms in total. The summed E-state index contributed by atoms with van der Waals surface area (Å²) >= 11 is 0. The zero-order valence-electron chi connectivity index (χ0n) is 8.34. The van der Waals surface area contributed by atoms with Crippen LogP contribution in [0.3, 0.4) is 0 Å². The van der Waals surface area contributed by atoms with E-state index in [4.69, 9.17) is 5.73 Å². The molecule has 0 aromatic carbocycles. The standard InChI is InChI=1S/C10H22N2/c1-8(2)7-12-10-5-3-9(11)4-6-10/h8-10,12H,3-7,11H2,1-2H3. The lowest BCUT2D eigenvalue weighted by molar-refractivity contribution is 0.332. The van der Waals surface area contributed by atoms with E-state index in [2.05, 4.69) is 19.2 Å². The summed E-state index contributed by atoms with van der Waals surface area (Å²) in [7, 11) is 0. The van der Waals surface area contributed by atoms with Gasteiger partial charge in [0.2, 0.25) is 0 Å². The Morgan fingerprint density at radius 2 is 1.83 bits per heavy atom. The normalized spacial score (nSPS) is 31.0. The third-order valence-electron chi connectivity index (χ3n) is 2.59. The van der Waals surface area contributed by atoms with Crippen LogP contribution in [-0.2, 0) is 0 Å². The highest BCUT2D eigenvalue weighted by Crippen LogP contribution is 2.16. The molecule has 0 aromatic heterocycles. The molecule has 72 valence electrons. The average molecular weight is 170 g/mol. The molecule has 0 aliphatic heterocycles. The first-order chi connectivity index (χ1) is 5.68. The lowest BCUT2D eigenvalue weighted by atomic mass is 9.91. The van der Waals surface area contributed by atoms with Crippen molar-refractivity contribution >= 4 is 0 Å². The molecule has 3 N–H and O–H groups in total. The van der Waals surface area contributed by atoms with Gasteiger partial charge in [-0.1, -0.05) is 13.8 Å². The van der Waals surface area contributed by atoms with Gasteiger partial charge in [0.25, 0.3) is 0 Å². The predicted octanol–water partition coefficient (Wildman–Crippen LogP) is 1.50. The van der Waals surface area contributed by atoms with Gasteiger partial charge in [-0.15, -0.1) is 0 Å². The van der Waals surface area contributed by atoms with Crippen molar-refractivity contribution in [1.82, 2.24) is 5.32 Å². The highest BCUT2D eigenvalue weighted by Gasteiger charge is 2.17. The molecule has 0 radical (unpaired) electrons. The fourth-order valence-corrected chi connectivity index (χ4v) is 1.73. The van der Waals surface area contributed by atoms with Crippen LogP contribution in [0.25, 0.3) is 0 Å². The highest BCUT2D eigenvalue weighted by atomic mass is 14.9. The summed E-state index contributed by atoms with van der Waals surface area (Å²) in [6.07, 6.45) is 4.95. The van der Waals surface area contributed by atoms with Crippen molar-refractivity contribution in [1.29, 1.82) is 0 Å². The Balaban J connectivity index is 2.09. The molecular formula is C10H22N2. The molecule has 0 spiro atoms. The smallest absolute Gasteiger partial charge is 0.00683 e. The molecule has 1 rings (SSSR count). The summed E-state index contributed by atoms with van der Waals surface area (Å²) in [5, 5.41) is 3.59. The Kier molecular flexibility index (Phi) is 4.02. The lowest BCUT2D eigenvalue weighted by Crippen LogP contribution is -2.38. The van der Waals surface area contributed by atoms with Gasteiger partial charge >= 0.3 is 0 Å². The second-order valence-corrected chi connectivity index (χ2v) is 4.41. The molecule has 0 saturated heterocycles. The molecule has 2 heteroatoms. The predicted molar refractivity (Wildman–Crippen MR) is 53.1 cm³/mol. The van der Waals surface area contributed by atoms with Crippen molar-refractivity contribution in [2.45, 2.75) is 51.6 Å². The zero-order valence-corrected chi connectivity index (χ0v) is 8.34. The molecule has 0 heterocycles. The van der Waals surface area contributed by atoms with Gasteiger partial charge in [0.15, 0.2) is 0 Å². The molecular weight excluding hydrogens is 148 g/mol. The van der Waals surface area contributed by atoms with E-state index in [0.29, 0.717) is 6.04 Å². The largest absolute Gasteiger partial charge is 0.328 e. The maximum atomic E-state index is 5.83. The summed E-state index contributed by atoms with van der Waals surface area (Å²) in [6, 6.07) is 1.22. The van der Waals surface area contributed by atoms with E-state index >= 15 is 0 Å². The monoisotopic (exact) mass is 170 g/mol. The van der Waals surface area contributed by atoms with Crippen LogP contribution in [0.5, 0.6) is 0 Å². The van der Waals surface area contributed by atoms with Gasteiger partial charge < -0.3 is 11.1 Å². The van der Waals surface area contributed by atoms with Crippen LogP contribution >= 0.6 is 0 Å². The molecule has 1 fully saturated rings. The third-order valence-corrected chi connectivity index (χ3v) is 2.59. The minimum atomic E-state index is 0.474. The van der Waals surface area contributed by atoms with E-state index in [1.165, 1.54) is 25.7 Å². The van der Waals surface area contributed by atoms with Crippen molar-refractivity contribution in [2.75, 3.05) is 6.54 Å². The maximum Gasteiger partial charge on any atom is 0.00683 e. The minimum absolute atomic E-state index is 0.474. The van der Waals surface area contributed by atoms with Gasteiger partial charge in [0.05, 0.1) is 0 Å². The first-order valence-corrected chi connectivity index (χ1v) is 5.17. The first kappa shape index (κ1) is 10.0. The van der Waals surface area contributed by atoms with Gasteiger partial charge in [-0.25, -0.2) is 0 Å². The van der Waals surface area contributed by atoms with Crippen LogP contribution in [0.4, 0.5) is 0 Å². The summed E-state index contributed by atoms with van der Waals surface area (Å²) in [5.41, 5.74) is 5.83. The van der Waals surface area contributed by atoms with Gasteiger partial charge in [-0.2, -0.15) is 0 Å². The SMILES string of the molecule is CC(C)CNC1CCC(N)CC1. The second-order valence-electron chi connectivity index (χ2n) is 4.41. The molecule has 0 aromatic rings. The Morgan fingerprint density at radius 1 is 1.25 bits per heavy atom. The van der Waals surface area contributed by atoms with Crippen molar-refractivity contribution in [2.24, 2.45) is 11.7 Å². The van der Waals surface area contributed by atoms with Crippen molar-refractivity contribution in [3.05, 3.63) is 0 Å². The van der Waals surface area contributed by atoms with Crippen molar-refractivity contribution in [3.8, 4) is 0 Å². The zero-order chi connectivity index (χ0) is 8.97. The van der Waals surface area contributed by atoms with E-state index in [-0.39, 0.29) is 0 Å². The number of hydrogen-bond donors (Lipinski definition) is 2. The van der Waals surface area contributed by atoms with E-state index in [1.807, 2.05) is 0 Å². The van der Waals surface area contributed by atoms with Crippen LogP contribution in [0.15, 0.2) is 0 Å². The third kappa shape index (κ3) is 3.55. The van der Waals surface area contributed by atoms with Crippen LogP contribution in [0.2, 0.25) is 0 Å². The summed E-state index contributed by atoms with van der Waals surface area (Å²) in [5.74, 6) is 0.764. The Labute approximate surface area is 75.9 Å². The van der Waals surface area contributed by atoms with Crippen molar-refractivity contribution in [3.63, 3.8) is 0 Å². The Bertz CT molecular complexity index is 115. The molecule has 0 bridgehead atoms. The molecule has 1 aliphatic rings. The maximum absolute atomic E-state index is 5.83. The first-order valence-electron chi connectivity index (χ1n) is 5.17. The number of hydrogen-bond acceptors (Lipinski definition) is 2. The summed E-state index contributed by atoms with van der Waals surface area (Å²) in [4.78, 5) is 0. The molecule has 0 amide bonds. The van der Waals surface area contributed by atoms with Crippen LogP contribution in [0.1, 0.15) is 39.5 Å². The van der Waals surface area contributed by atoms with Crippen LogP contribution in [-0.4, -0.2) is 18.6 Å². The fourth-order valence-electron chi connectivity index (χ4n) is 1.73. The Hall–Kier alpha value is -0.0800. The van der Waals surface area contributed by atoms with Gasteiger partial charge in [0.1, 0.15) is 0 Å². The van der Waals surface area contributed by atoms with E-state index < -0.39 is 0 Å². The number of rotatable bonds is 3. The van der Waals surface area contributed by atoms with Crippen LogP contribution < -0.4 is 11.1 Å². The van der Waals surface area contributed by atoms with Crippen molar-refractivity contribution < 1.29 is 0 Å². The summed E-state index contributed by atoms with van der Waals surface area (Å²) < 4.78 is 0. The summed E-state index contributed by atoms with van der Waals surface area (Å²) in [6.45, 7) is 5.66. The minimum Gasteiger partial charge on any atom is -0.328 e. The van der Waals surface area contributed by atoms with E-state index in [9.17, 15) is 0 Å². The van der Waals surface area contributed by atoms with Crippen LogP contribution in [0, 0.1) is 5.92 Å². The van der Waals surface area contributed by atoms with Gasteiger partial charge in [-0.3, -0.25) is 0 Å².